The molecule has 0 bridgehead atoms. The van der Waals surface area contributed by atoms with E-state index in [-0.39, 0.29) is 0 Å². The number of ether oxygens (including phenoxy) is 1. The van der Waals surface area contributed by atoms with Gasteiger partial charge in [-0.3, -0.25) is 0 Å². The van der Waals surface area contributed by atoms with E-state index in [0.29, 0.717) is 0 Å². The topological polar surface area (TPSA) is 53.9 Å². The monoisotopic (exact) mass is 161 g/mol. The van der Waals surface area contributed by atoms with Crippen LogP contribution in [0.3, 0.4) is 0 Å². The summed E-state index contributed by atoms with van der Waals surface area (Å²) in [7, 11) is 3.43. The van der Waals surface area contributed by atoms with Gasteiger partial charge >= 0.3 is 0 Å². The van der Waals surface area contributed by atoms with Gasteiger partial charge in [-0.25, -0.2) is 0 Å². The first kappa shape index (κ1) is 7.20. The number of nitrogens with two attached hydrogens (primary N) is 1. The van der Waals surface area contributed by atoms with E-state index >= 15 is 0 Å². The van der Waals surface area contributed by atoms with E-state index in [1.807, 2.05) is 7.05 Å². The van der Waals surface area contributed by atoms with Crippen LogP contribution < -0.4 is 5.84 Å². The summed E-state index contributed by atoms with van der Waals surface area (Å²) < 4.78 is 6.45. The fourth-order valence-corrected chi connectivity index (χ4v) is 1.22. The SMILES string of the molecule is COC1=CN(C)[N+](=NN)S1. The molecule has 56 valence electrons. The molecule has 0 unspecified atom stereocenters. The molecule has 1 heterocycles. The molecule has 0 aromatic heterocycles. The van der Waals surface area contributed by atoms with Crippen molar-refractivity contribution in [1.82, 2.24) is 5.01 Å². The van der Waals surface area contributed by atoms with Gasteiger partial charge in [-0.15, -0.1) is 0 Å². The van der Waals surface area contributed by atoms with Crippen LogP contribution in [0.25, 0.3) is 0 Å². The van der Waals surface area contributed by atoms with Crippen LogP contribution in [-0.2, 0) is 4.74 Å². The number of hydrazine groups is 1. The number of hydrogen-bond donors (Lipinski definition) is 1. The smallest absolute Gasteiger partial charge is 0.221 e. The summed E-state index contributed by atoms with van der Waals surface area (Å²) in [5.74, 6) is 5.04. The highest BCUT2D eigenvalue weighted by Gasteiger charge is 2.21. The first-order valence-electron chi connectivity index (χ1n) is 2.65. The van der Waals surface area contributed by atoms with Crippen LogP contribution >= 0.6 is 11.9 Å². The molecule has 6 heteroatoms. The maximum atomic E-state index is 5.04. The van der Waals surface area contributed by atoms with Gasteiger partial charge in [0.1, 0.15) is 5.22 Å². The molecule has 0 saturated heterocycles. The summed E-state index contributed by atoms with van der Waals surface area (Å²) in [5.41, 5.74) is 0. The maximum Gasteiger partial charge on any atom is 0.221 e. The summed E-state index contributed by atoms with van der Waals surface area (Å²) in [4.78, 5) is 0. The predicted molar refractivity (Wildman–Crippen MR) is 37.3 cm³/mol. The van der Waals surface area contributed by atoms with Crippen LogP contribution in [0.15, 0.2) is 16.5 Å². The van der Waals surface area contributed by atoms with Gasteiger partial charge in [0.15, 0.2) is 11.9 Å². The molecule has 0 fully saturated rings. The predicted octanol–water partition coefficient (Wildman–Crippen LogP) is 0.279. The fraction of sp³-hybridized carbons (Fsp3) is 0.500. The van der Waals surface area contributed by atoms with Crippen molar-refractivity contribution < 1.29 is 8.95 Å². The van der Waals surface area contributed by atoms with Gasteiger partial charge in [0.25, 0.3) is 0 Å². The standard InChI is InChI=1S/C4H8N4OS/c1-7-3-4(9-2)10-8(7)6-5/h3,5H,1-2H3/p+1. The van der Waals surface area contributed by atoms with Gasteiger partial charge in [-0.2, -0.15) is 10.9 Å². The Kier molecular flexibility index (Phi) is 2.00. The maximum absolute atomic E-state index is 5.04. The van der Waals surface area contributed by atoms with Crippen LogP contribution in [0.2, 0.25) is 0 Å². The third-order valence-corrected chi connectivity index (χ3v) is 2.00. The average Bonchev–Trinajstić information content (AvgIpc) is 2.30. The van der Waals surface area contributed by atoms with Crippen LogP contribution in [0.1, 0.15) is 0 Å². The van der Waals surface area contributed by atoms with E-state index in [1.165, 1.54) is 16.2 Å². The molecule has 2 N–H and O–H groups in total. The average molecular weight is 161 g/mol. The lowest BCUT2D eigenvalue weighted by Gasteiger charge is -1.99. The quantitative estimate of drug-likeness (QED) is 0.260. The Labute approximate surface area is 63.2 Å². The number of rotatable bonds is 1. The Morgan fingerprint density at radius 3 is 2.90 bits per heavy atom. The number of methoxy groups -OCH3 is 1. The van der Waals surface area contributed by atoms with E-state index in [4.69, 9.17) is 10.6 Å². The minimum absolute atomic E-state index is 0.775. The molecule has 0 aromatic rings. The first-order valence-corrected chi connectivity index (χ1v) is 3.42. The Morgan fingerprint density at radius 1 is 1.90 bits per heavy atom. The van der Waals surface area contributed by atoms with E-state index in [2.05, 4.69) is 5.22 Å². The van der Waals surface area contributed by atoms with E-state index in [1.54, 1.807) is 18.3 Å². The van der Waals surface area contributed by atoms with Gasteiger partial charge in [0, 0.05) is 4.21 Å². The Balaban J connectivity index is 2.66. The van der Waals surface area contributed by atoms with Crippen molar-refractivity contribution in [3.63, 3.8) is 0 Å². The van der Waals surface area contributed by atoms with Crippen molar-refractivity contribution in [2.24, 2.45) is 11.1 Å². The minimum Gasteiger partial charge on any atom is -0.486 e. The lowest BCUT2D eigenvalue weighted by molar-refractivity contribution is -0.582. The van der Waals surface area contributed by atoms with Crippen LogP contribution in [0, 0.1) is 0 Å². The molecular formula is C4H9N4OS+. The van der Waals surface area contributed by atoms with Crippen molar-refractivity contribution >= 4 is 11.9 Å². The minimum atomic E-state index is 0.775. The van der Waals surface area contributed by atoms with Crippen molar-refractivity contribution in [3.05, 3.63) is 11.3 Å². The normalized spacial score (nSPS) is 21.6. The van der Waals surface area contributed by atoms with Gasteiger partial charge in [-0.1, -0.05) is 0 Å². The van der Waals surface area contributed by atoms with Crippen LogP contribution in [0.4, 0.5) is 0 Å². The lowest BCUT2D eigenvalue weighted by atomic mass is 10.9. The zero-order valence-electron chi connectivity index (χ0n) is 5.81. The zero-order chi connectivity index (χ0) is 7.56. The molecule has 5 nitrogen and oxygen atoms in total. The van der Waals surface area contributed by atoms with Crippen molar-refractivity contribution in [3.8, 4) is 0 Å². The summed E-state index contributed by atoms with van der Waals surface area (Å²) in [6.07, 6.45) is 1.79. The molecule has 1 rings (SSSR count). The van der Waals surface area contributed by atoms with Crippen molar-refractivity contribution in [1.29, 1.82) is 0 Å². The second kappa shape index (κ2) is 2.78. The second-order valence-electron chi connectivity index (χ2n) is 1.69. The highest BCUT2D eigenvalue weighted by molar-refractivity contribution is 7.97. The molecule has 10 heavy (non-hydrogen) atoms. The summed E-state index contributed by atoms with van der Waals surface area (Å²) in [6.45, 7) is 0. The number of hydrogen-bond acceptors (Lipinski definition) is 3. The van der Waals surface area contributed by atoms with Gasteiger partial charge in [-0.05, 0) is 0 Å². The third-order valence-electron chi connectivity index (χ3n) is 1.03. The van der Waals surface area contributed by atoms with E-state index < -0.39 is 0 Å². The fourth-order valence-electron chi connectivity index (χ4n) is 0.565. The highest BCUT2D eigenvalue weighted by atomic mass is 32.2. The Morgan fingerprint density at radius 2 is 2.60 bits per heavy atom. The zero-order valence-corrected chi connectivity index (χ0v) is 6.63. The Hall–Kier alpha value is -0.910. The largest absolute Gasteiger partial charge is 0.486 e. The third kappa shape index (κ3) is 1.15. The second-order valence-corrected chi connectivity index (χ2v) is 2.60. The molecule has 0 aliphatic carbocycles. The molecular weight excluding hydrogens is 152 g/mol. The van der Waals surface area contributed by atoms with Gasteiger partial charge < -0.3 is 4.74 Å². The molecule has 1 aliphatic rings. The summed E-state index contributed by atoms with van der Waals surface area (Å²) in [5, 5.41) is 5.96. The molecule has 0 saturated carbocycles. The van der Waals surface area contributed by atoms with Gasteiger partial charge in [0.2, 0.25) is 5.09 Å². The van der Waals surface area contributed by atoms with Crippen molar-refractivity contribution in [2.75, 3.05) is 14.2 Å². The van der Waals surface area contributed by atoms with Crippen LogP contribution in [0.5, 0.6) is 0 Å². The van der Waals surface area contributed by atoms with Crippen LogP contribution in [-0.4, -0.2) is 23.4 Å². The lowest BCUT2D eigenvalue weighted by Crippen LogP contribution is -2.16. The number of nitrogens with zero attached hydrogens (tertiary/aromatic N) is 3. The molecule has 0 atom stereocenters. The van der Waals surface area contributed by atoms with E-state index in [9.17, 15) is 0 Å². The van der Waals surface area contributed by atoms with E-state index in [0.717, 1.165) is 5.09 Å². The summed E-state index contributed by atoms with van der Waals surface area (Å²) in [6, 6.07) is 0. The first-order chi connectivity index (χ1) is 4.77. The molecule has 0 aromatic carbocycles. The molecule has 0 radical (unpaired) electrons. The molecule has 1 aliphatic heterocycles. The highest BCUT2D eigenvalue weighted by Crippen LogP contribution is 2.25. The van der Waals surface area contributed by atoms with Gasteiger partial charge in [0.05, 0.1) is 20.4 Å². The Bertz CT molecular complexity index is 190. The molecule has 0 amide bonds. The summed E-state index contributed by atoms with van der Waals surface area (Å²) >= 11 is 1.33. The molecule has 0 spiro atoms. The van der Waals surface area contributed by atoms with Crippen molar-refractivity contribution in [2.45, 2.75) is 0 Å².